The summed E-state index contributed by atoms with van der Waals surface area (Å²) in [6.45, 7) is 5.34. The van der Waals surface area contributed by atoms with Crippen LogP contribution in [0.2, 0.25) is 0 Å². The van der Waals surface area contributed by atoms with E-state index in [1.54, 1.807) is 7.11 Å². The number of carbonyl (C=O) groups excluding carboxylic acids is 1. The van der Waals surface area contributed by atoms with Gasteiger partial charge in [0, 0.05) is 38.7 Å². The lowest BCUT2D eigenvalue weighted by atomic mass is 9.68. The van der Waals surface area contributed by atoms with Crippen LogP contribution in [0, 0.1) is 11.3 Å². The summed E-state index contributed by atoms with van der Waals surface area (Å²) < 4.78 is 11.4. The molecule has 3 N–H and O–H groups in total. The van der Waals surface area contributed by atoms with Crippen molar-refractivity contribution in [1.82, 2.24) is 10.2 Å². The van der Waals surface area contributed by atoms with Gasteiger partial charge in [-0.05, 0) is 49.9 Å². The third-order valence-electron chi connectivity index (χ3n) is 6.05. The van der Waals surface area contributed by atoms with Crippen molar-refractivity contribution in [2.75, 3.05) is 46.4 Å². The summed E-state index contributed by atoms with van der Waals surface area (Å²) >= 11 is 0. The van der Waals surface area contributed by atoms with Crippen LogP contribution in [-0.4, -0.2) is 57.2 Å². The van der Waals surface area contributed by atoms with Crippen molar-refractivity contribution in [3.05, 3.63) is 29.8 Å². The van der Waals surface area contributed by atoms with Crippen LogP contribution in [0.5, 0.6) is 5.75 Å². The van der Waals surface area contributed by atoms with E-state index in [9.17, 15) is 4.79 Å². The molecule has 156 valence electrons. The molecule has 1 saturated carbocycles. The number of rotatable bonds is 10. The first-order valence-electron chi connectivity index (χ1n) is 10.5. The zero-order chi connectivity index (χ0) is 19.8. The van der Waals surface area contributed by atoms with Crippen LogP contribution in [-0.2, 0) is 16.1 Å². The van der Waals surface area contributed by atoms with Crippen molar-refractivity contribution in [1.29, 1.82) is 0 Å². The standard InChI is InChI=1S/C22H35N3O3/c1-27-15-18-5-2-7-20(13-18)28-17-22(8-4-9-22)16-25-12-3-6-19(14-25)21(26)24-11-10-23/h2,5,7,13,19H,3-4,6,8-12,14-17,23H2,1H3,(H,24,26). The minimum absolute atomic E-state index is 0.0871. The van der Waals surface area contributed by atoms with E-state index in [0.29, 0.717) is 19.7 Å². The van der Waals surface area contributed by atoms with E-state index in [-0.39, 0.29) is 17.2 Å². The largest absolute Gasteiger partial charge is 0.493 e. The highest BCUT2D eigenvalue weighted by Crippen LogP contribution is 2.42. The second-order valence-electron chi connectivity index (χ2n) is 8.38. The molecule has 2 aliphatic rings. The van der Waals surface area contributed by atoms with Crippen molar-refractivity contribution in [3.63, 3.8) is 0 Å². The molecule has 6 heteroatoms. The zero-order valence-corrected chi connectivity index (χ0v) is 17.1. The molecule has 1 saturated heterocycles. The highest BCUT2D eigenvalue weighted by molar-refractivity contribution is 5.78. The van der Waals surface area contributed by atoms with Crippen molar-refractivity contribution in [2.45, 2.75) is 38.7 Å². The van der Waals surface area contributed by atoms with Crippen LogP contribution < -0.4 is 15.8 Å². The van der Waals surface area contributed by atoms with Gasteiger partial charge in [-0.25, -0.2) is 0 Å². The zero-order valence-electron chi connectivity index (χ0n) is 17.1. The lowest BCUT2D eigenvalue weighted by molar-refractivity contribution is -0.127. The SMILES string of the molecule is COCc1cccc(OCC2(CN3CCCC(C(=O)NCCN)C3)CCC2)c1. The summed E-state index contributed by atoms with van der Waals surface area (Å²) in [5.74, 6) is 1.16. The van der Waals surface area contributed by atoms with Crippen molar-refractivity contribution >= 4 is 5.91 Å². The van der Waals surface area contributed by atoms with Gasteiger partial charge in [-0.2, -0.15) is 0 Å². The summed E-state index contributed by atoms with van der Waals surface area (Å²) in [4.78, 5) is 14.8. The highest BCUT2D eigenvalue weighted by atomic mass is 16.5. The Kier molecular flexibility index (Phi) is 7.71. The van der Waals surface area contributed by atoms with E-state index in [2.05, 4.69) is 22.3 Å². The van der Waals surface area contributed by atoms with Gasteiger partial charge in [0.25, 0.3) is 0 Å². The molecule has 0 spiro atoms. The number of piperidine rings is 1. The van der Waals surface area contributed by atoms with E-state index in [0.717, 1.165) is 50.4 Å². The van der Waals surface area contributed by atoms with Gasteiger partial charge in [-0.1, -0.05) is 18.6 Å². The van der Waals surface area contributed by atoms with Crippen molar-refractivity contribution < 1.29 is 14.3 Å². The molecule has 28 heavy (non-hydrogen) atoms. The van der Waals surface area contributed by atoms with E-state index < -0.39 is 0 Å². The molecule has 1 aliphatic carbocycles. The minimum Gasteiger partial charge on any atom is -0.493 e. The van der Waals surface area contributed by atoms with Crippen LogP contribution in [0.1, 0.15) is 37.7 Å². The topological polar surface area (TPSA) is 76.8 Å². The fourth-order valence-corrected chi connectivity index (χ4v) is 4.38. The number of nitrogens with zero attached hydrogens (tertiary/aromatic N) is 1. The summed E-state index contributed by atoms with van der Waals surface area (Å²) in [6, 6.07) is 8.16. The summed E-state index contributed by atoms with van der Waals surface area (Å²) in [5, 5.41) is 2.95. The molecule has 1 aliphatic heterocycles. The third kappa shape index (κ3) is 5.69. The van der Waals surface area contributed by atoms with E-state index >= 15 is 0 Å². The van der Waals surface area contributed by atoms with Gasteiger partial charge in [0.1, 0.15) is 5.75 Å². The molecule has 2 fully saturated rings. The maximum atomic E-state index is 12.3. The first-order valence-corrected chi connectivity index (χ1v) is 10.5. The van der Waals surface area contributed by atoms with Gasteiger partial charge in [0.05, 0.1) is 19.1 Å². The monoisotopic (exact) mass is 389 g/mol. The smallest absolute Gasteiger partial charge is 0.224 e. The lowest BCUT2D eigenvalue weighted by Gasteiger charge is -2.46. The Morgan fingerprint density at radius 2 is 2.21 bits per heavy atom. The molecule has 0 radical (unpaired) electrons. The number of amides is 1. The normalized spacial score (nSPS) is 21.7. The van der Waals surface area contributed by atoms with Crippen LogP contribution in [0.15, 0.2) is 24.3 Å². The predicted molar refractivity (Wildman–Crippen MR) is 110 cm³/mol. The third-order valence-corrected chi connectivity index (χ3v) is 6.05. The first kappa shape index (κ1) is 21.1. The van der Waals surface area contributed by atoms with Crippen molar-refractivity contribution in [3.8, 4) is 5.75 Å². The molecule has 1 unspecified atom stereocenters. The first-order chi connectivity index (χ1) is 13.6. The molecule has 1 amide bonds. The Hall–Kier alpha value is -1.63. The maximum Gasteiger partial charge on any atom is 0.224 e. The number of likely N-dealkylation sites (tertiary alicyclic amines) is 1. The predicted octanol–water partition coefficient (Wildman–Crippen LogP) is 2.17. The van der Waals surface area contributed by atoms with Gasteiger partial charge in [-0.15, -0.1) is 0 Å². The Morgan fingerprint density at radius 1 is 1.36 bits per heavy atom. The van der Waals surface area contributed by atoms with Crippen LogP contribution in [0.4, 0.5) is 0 Å². The van der Waals surface area contributed by atoms with Crippen LogP contribution in [0.3, 0.4) is 0 Å². The number of nitrogens with one attached hydrogen (secondary N) is 1. The second kappa shape index (κ2) is 10.2. The fraction of sp³-hybridized carbons (Fsp3) is 0.682. The summed E-state index contributed by atoms with van der Waals surface area (Å²) in [7, 11) is 1.71. The molecule has 1 aromatic carbocycles. The van der Waals surface area contributed by atoms with E-state index in [4.69, 9.17) is 15.2 Å². The lowest BCUT2D eigenvalue weighted by Crippen LogP contribution is -2.51. The fourth-order valence-electron chi connectivity index (χ4n) is 4.38. The summed E-state index contributed by atoms with van der Waals surface area (Å²) in [6.07, 6.45) is 5.72. The van der Waals surface area contributed by atoms with E-state index in [1.807, 2.05) is 12.1 Å². The van der Waals surface area contributed by atoms with E-state index in [1.165, 1.54) is 19.3 Å². The number of ether oxygens (including phenoxy) is 2. The Balaban J connectivity index is 1.52. The average molecular weight is 390 g/mol. The van der Waals surface area contributed by atoms with Gasteiger partial charge >= 0.3 is 0 Å². The Bertz CT molecular complexity index is 633. The Labute approximate surface area is 168 Å². The van der Waals surface area contributed by atoms with Gasteiger partial charge < -0.3 is 25.4 Å². The number of methoxy groups -OCH3 is 1. The molecule has 1 atom stereocenters. The number of hydrogen-bond donors (Lipinski definition) is 2. The number of benzene rings is 1. The molecule has 1 heterocycles. The minimum atomic E-state index is 0.0871. The number of carbonyl (C=O) groups is 1. The molecule has 6 nitrogen and oxygen atoms in total. The van der Waals surface area contributed by atoms with Crippen LogP contribution in [0.25, 0.3) is 0 Å². The molecular formula is C22H35N3O3. The highest BCUT2D eigenvalue weighted by Gasteiger charge is 2.40. The second-order valence-corrected chi connectivity index (χ2v) is 8.38. The van der Waals surface area contributed by atoms with Gasteiger partial charge in [0.2, 0.25) is 5.91 Å². The maximum absolute atomic E-state index is 12.3. The van der Waals surface area contributed by atoms with Crippen LogP contribution >= 0.6 is 0 Å². The Morgan fingerprint density at radius 3 is 2.93 bits per heavy atom. The molecule has 0 bridgehead atoms. The average Bonchev–Trinajstić information content (AvgIpc) is 2.69. The van der Waals surface area contributed by atoms with Gasteiger partial charge in [0.15, 0.2) is 0 Å². The molecular weight excluding hydrogens is 354 g/mol. The number of nitrogens with two attached hydrogens (primary N) is 1. The molecule has 0 aromatic heterocycles. The molecule has 1 aromatic rings. The van der Waals surface area contributed by atoms with Gasteiger partial charge in [-0.3, -0.25) is 4.79 Å². The quantitative estimate of drug-likeness (QED) is 0.641. The molecule has 3 rings (SSSR count). The summed E-state index contributed by atoms with van der Waals surface area (Å²) in [5.41, 5.74) is 6.85. The van der Waals surface area contributed by atoms with Crippen molar-refractivity contribution in [2.24, 2.45) is 17.1 Å². The number of hydrogen-bond acceptors (Lipinski definition) is 5.